The fourth-order valence-electron chi connectivity index (χ4n) is 2.79. The molecule has 0 aliphatic rings. The molecule has 7 nitrogen and oxygen atoms in total. The van der Waals surface area contributed by atoms with E-state index in [-0.39, 0.29) is 12.2 Å². The Kier molecular flexibility index (Phi) is 5.26. The van der Waals surface area contributed by atoms with Crippen LogP contribution in [0.5, 0.6) is 0 Å². The highest BCUT2D eigenvalue weighted by Crippen LogP contribution is 2.12. The van der Waals surface area contributed by atoms with Crippen LogP contribution in [0, 0.1) is 13.8 Å². The first-order valence-corrected chi connectivity index (χ1v) is 8.87. The molecule has 0 bridgehead atoms. The zero-order valence-electron chi connectivity index (χ0n) is 16.3. The van der Waals surface area contributed by atoms with Crippen LogP contribution in [-0.4, -0.2) is 39.3 Å². The van der Waals surface area contributed by atoms with Crippen molar-refractivity contribution in [2.24, 2.45) is 0 Å². The topological polar surface area (TPSA) is 77.2 Å². The van der Waals surface area contributed by atoms with Gasteiger partial charge in [-0.2, -0.15) is 9.78 Å². The Morgan fingerprint density at radius 1 is 1.00 bits per heavy atom. The first-order valence-electron chi connectivity index (χ1n) is 8.87. The van der Waals surface area contributed by atoms with E-state index in [0.717, 1.165) is 25.9 Å². The van der Waals surface area contributed by atoms with Gasteiger partial charge >= 0.3 is 5.69 Å². The average Bonchev–Trinajstić information content (AvgIpc) is 2.68. The molecule has 7 heteroatoms. The second-order valence-corrected chi connectivity index (χ2v) is 6.89. The molecule has 0 spiro atoms. The van der Waals surface area contributed by atoms with Gasteiger partial charge in [0.25, 0.3) is 11.5 Å². The van der Waals surface area contributed by atoms with Crippen molar-refractivity contribution < 1.29 is 4.79 Å². The lowest BCUT2D eigenvalue weighted by Crippen LogP contribution is -2.45. The molecule has 0 N–H and O–H groups in total. The van der Waals surface area contributed by atoms with E-state index in [1.54, 1.807) is 6.07 Å². The van der Waals surface area contributed by atoms with Gasteiger partial charge in [-0.25, -0.2) is 4.79 Å². The standard InChI is InChI=1S/C21H22N4O3/c1-14-10-11-17(12-15(14)2)25-21(28)24(13-16-8-6-5-7-9-16)20(27)18(22-25)19(26)23(3)4/h5-12H,13H2,1-4H3. The third-order valence-electron chi connectivity index (χ3n) is 4.59. The largest absolute Gasteiger partial charge is 0.352 e. The Balaban J connectivity index is 2.27. The van der Waals surface area contributed by atoms with E-state index in [2.05, 4.69) is 5.10 Å². The molecule has 144 valence electrons. The van der Waals surface area contributed by atoms with Gasteiger partial charge in [-0.15, -0.1) is 0 Å². The molecule has 0 aliphatic heterocycles. The van der Waals surface area contributed by atoms with E-state index in [9.17, 15) is 14.4 Å². The molecule has 0 atom stereocenters. The SMILES string of the molecule is Cc1ccc(-n2nc(C(=O)N(C)C)c(=O)n(Cc3ccccc3)c2=O)cc1C. The number of carbonyl (C=O) groups is 1. The van der Waals surface area contributed by atoms with Gasteiger partial charge in [0.05, 0.1) is 12.2 Å². The number of amides is 1. The van der Waals surface area contributed by atoms with Gasteiger partial charge in [0.1, 0.15) is 0 Å². The van der Waals surface area contributed by atoms with E-state index < -0.39 is 17.2 Å². The minimum Gasteiger partial charge on any atom is -0.343 e. The maximum absolute atomic E-state index is 13.1. The van der Waals surface area contributed by atoms with Gasteiger partial charge in [0, 0.05) is 14.1 Å². The van der Waals surface area contributed by atoms with Crippen LogP contribution in [0.25, 0.3) is 5.69 Å². The molecule has 3 aromatic rings. The van der Waals surface area contributed by atoms with E-state index in [1.165, 1.54) is 19.0 Å². The number of rotatable bonds is 4. The summed E-state index contributed by atoms with van der Waals surface area (Å²) in [6, 6.07) is 14.6. The van der Waals surface area contributed by atoms with Crippen LogP contribution >= 0.6 is 0 Å². The number of aromatic nitrogens is 3. The molecule has 0 saturated carbocycles. The van der Waals surface area contributed by atoms with Crippen molar-refractivity contribution in [3.05, 3.63) is 91.8 Å². The third-order valence-corrected chi connectivity index (χ3v) is 4.59. The molecule has 0 radical (unpaired) electrons. The van der Waals surface area contributed by atoms with Crippen molar-refractivity contribution in [1.82, 2.24) is 19.2 Å². The Morgan fingerprint density at radius 3 is 2.29 bits per heavy atom. The molecule has 1 amide bonds. The second kappa shape index (κ2) is 7.64. The molecule has 2 aromatic carbocycles. The number of nitrogens with zero attached hydrogens (tertiary/aromatic N) is 4. The van der Waals surface area contributed by atoms with Gasteiger partial charge in [0.2, 0.25) is 5.69 Å². The molecule has 0 fully saturated rings. The third kappa shape index (κ3) is 3.64. The molecule has 28 heavy (non-hydrogen) atoms. The monoisotopic (exact) mass is 378 g/mol. The quantitative estimate of drug-likeness (QED) is 0.693. The van der Waals surface area contributed by atoms with E-state index in [0.29, 0.717) is 5.69 Å². The van der Waals surface area contributed by atoms with Crippen molar-refractivity contribution in [2.75, 3.05) is 14.1 Å². The zero-order valence-corrected chi connectivity index (χ0v) is 16.3. The Hall–Kier alpha value is -3.48. The van der Waals surface area contributed by atoms with Gasteiger partial charge in [0.15, 0.2) is 0 Å². The second-order valence-electron chi connectivity index (χ2n) is 6.89. The molecule has 1 aromatic heterocycles. The van der Waals surface area contributed by atoms with Crippen molar-refractivity contribution in [2.45, 2.75) is 20.4 Å². The summed E-state index contributed by atoms with van der Waals surface area (Å²) in [6.45, 7) is 3.95. The van der Waals surface area contributed by atoms with Gasteiger partial charge < -0.3 is 4.90 Å². The van der Waals surface area contributed by atoms with Gasteiger partial charge in [-0.3, -0.25) is 14.2 Å². The lowest BCUT2D eigenvalue weighted by Gasteiger charge is -2.15. The van der Waals surface area contributed by atoms with Crippen LogP contribution in [0.1, 0.15) is 27.2 Å². The summed E-state index contributed by atoms with van der Waals surface area (Å²) >= 11 is 0. The van der Waals surface area contributed by atoms with Crippen LogP contribution in [0.15, 0.2) is 58.1 Å². The highest BCUT2D eigenvalue weighted by atomic mass is 16.2. The van der Waals surface area contributed by atoms with Gasteiger partial charge in [-0.05, 0) is 42.7 Å². The zero-order chi connectivity index (χ0) is 20.4. The summed E-state index contributed by atoms with van der Waals surface area (Å²) in [5.41, 5.74) is 1.75. The average molecular weight is 378 g/mol. The fraction of sp³-hybridized carbons (Fsp3) is 0.238. The maximum atomic E-state index is 13.1. The minimum absolute atomic E-state index is 0.0551. The van der Waals surface area contributed by atoms with E-state index >= 15 is 0 Å². The summed E-state index contributed by atoms with van der Waals surface area (Å²) in [5, 5.41) is 4.12. The summed E-state index contributed by atoms with van der Waals surface area (Å²) in [4.78, 5) is 39.7. The molecule has 0 unspecified atom stereocenters. The van der Waals surface area contributed by atoms with Crippen LogP contribution in [-0.2, 0) is 6.54 Å². The predicted molar refractivity (Wildman–Crippen MR) is 107 cm³/mol. The number of aryl methyl sites for hydroxylation is 2. The summed E-state index contributed by atoms with van der Waals surface area (Å²) in [7, 11) is 3.08. The Labute approximate surface area is 162 Å². The minimum atomic E-state index is -0.701. The summed E-state index contributed by atoms with van der Waals surface area (Å²) in [5.74, 6) is -0.551. The highest BCUT2D eigenvalue weighted by molar-refractivity contribution is 5.91. The fourth-order valence-corrected chi connectivity index (χ4v) is 2.79. The van der Waals surface area contributed by atoms with Crippen LogP contribution in [0.4, 0.5) is 0 Å². The van der Waals surface area contributed by atoms with E-state index in [1.807, 2.05) is 56.3 Å². The molecular formula is C21H22N4O3. The van der Waals surface area contributed by atoms with Crippen LogP contribution in [0.3, 0.4) is 0 Å². The van der Waals surface area contributed by atoms with Crippen molar-refractivity contribution in [3.63, 3.8) is 0 Å². The van der Waals surface area contributed by atoms with Crippen LogP contribution < -0.4 is 11.2 Å². The molecule has 3 rings (SSSR count). The van der Waals surface area contributed by atoms with Crippen molar-refractivity contribution in [1.29, 1.82) is 0 Å². The Morgan fingerprint density at radius 2 is 1.68 bits per heavy atom. The Bertz CT molecular complexity index is 1140. The first-order chi connectivity index (χ1) is 13.3. The molecule has 1 heterocycles. The van der Waals surface area contributed by atoms with E-state index in [4.69, 9.17) is 0 Å². The lowest BCUT2D eigenvalue weighted by molar-refractivity contribution is 0.0816. The highest BCUT2D eigenvalue weighted by Gasteiger charge is 2.21. The molecular weight excluding hydrogens is 356 g/mol. The number of benzene rings is 2. The lowest BCUT2D eigenvalue weighted by atomic mass is 10.1. The maximum Gasteiger partial charge on any atom is 0.352 e. The van der Waals surface area contributed by atoms with Crippen LogP contribution in [0.2, 0.25) is 0 Å². The predicted octanol–water partition coefficient (Wildman–Crippen LogP) is 1.76. The number of hydrogen-bond acceptors (Lipinski definition) is 4. The summed E-state index contributed by atoms with van der Waals surface area (Å²) in [6.07, 6.45) is 0. The summed E-state index contributed by atoms with van der Waals surface area (Å²) < 4.78 is 2.17. The normalized spacial score (nSPS) is 10.7. The molecule has 0 saturated heterocycles. The first kappa shape index (κ1) is 19.3. The van der Waals surface area contributed by atoms with Crippen molar-refractivity contribution in [3.8, 4) is 5.69 Å². The van der Waals surface area contributed by atoms with Crippen molar-refractivity contribution >= 4 is 5.91 Å². The van der Waals surface area contributed by atoms with Gasteiger partial charge in [-0.1, -0.05) is 36.4 Å². The number of carbonyl (C=O) groups excluding carboxylic acids is 1. The smallest absolute Gasteiger partial charge is 0.343 e. The molecule has 0 aliphatic carbocycles. The number of hydrogen-bond donors (Lipinski definition) is 0.